The zero-order valence-electron chi connectivity index (χ0n) is 32.3. The van der Waals surface area contributed by atoms with Crippen LogP contribution in [-0.2, 0) is 29.9 Å². The third-order valence-electron chi connectivity index (χ3n) is 8.78. The molecule has 6 rings (SSSR count). The minimum absolute atomic E-state index is 0.000322. The van der Waals surface area contributed by atoms with Gasteiger partial charge in [-0.15, -0.1) is 11.3 Å². The molecule has 1 aliphatic heterocycles. The second kappa shape index (κ2) is 18.0. The van der Waals surface area contributed by atoms with Crippen LogP contribution in [0.15, 0.2) is 136 Å². The van der Waals surface area contributed by atoms with Gasteiger partial charge in [0.1, 0.15) is 17.0 Å². The number of hydroxylamine groups is 2. The monoisotopic (exact) mass is 806 g/mol. The van der Waals surface area contributed by atoms with Gasteiger partial charge in [0.15, 0.2) is 5.13 Å². The zero-order valence-corrected chi connectivity index (χ0v) is 33.9. The topological polar surface area (TPSA) is 151 Å². The number of aromatic nitrogens is 1. The first-order valence-corrected chi connectivity index (χ1v) is 20.9. The average molecular weight is 807 g/mol. The number of alkyl carbamates (subject to hydrolysis) is 1. The number of ether oxygens (including phenoxy) is 1. The predicted octanol–water partition coefficient (Wildman–Crippen LogP) is 8.23. The summed E-state index contributed by atoms with van der Waals surface area (Å²) < 4.78 is 35.0. The lowest BCUT2D eigenvalue weighted by molar-refractivity contribution is -0.181. The number of thiazole rings is 1. The molecule has 0 radical (unpaired) electrons. The molecule has 0 spiro atoms. The van der Waals surface area contributed by atoms with Crippen LogP contribution in [-0.4, -0.2) is 61.6 Å². The number of fused-ring (bicyclic) bond motifs is 1. The SMILES string of the molecule is CCCN(OCCNC(=O)OC(C)(C)C)C(=O)C1=Cc2ccc(S(=O)(=O)Nc3nccs3)cc2NC(=NC(c2ccccc2)(c2ccccc2)c2ccccc2)C1. The number of aliphatic imine (C=N–C) groups is 1. The van der Waals surface area contributed by atoms with Crippen molar-refractivity contribution in [3.05, 3.63) is 149 Å². The number of nitrogens with zero attached hydrogens (tertiary/aromatic N) is 3. The normalized spacial score (nSPS) is 13.8. The molecule has 14 heteroatoms. The first kappa shape index (κ1) is 40.8. The van der Waals surface area contributed by atoms with Crippen molar-refractivity contribution in [1.82, 2.24) is 15.4 Å². The van der Waals surface area contributed by atoms with E-state index in [4.69, 9.17) is 14.6 Å². The van der Waals surface area contributed by atoms with Crippen LogP contribution < -0.4 is 15.4 Å². The van der Waals surface area contributed by atoms with Crippen molar-refractivity contribution in [3.8, 4) is 0 Å². The molecule has 5 aromatic rings. The maximum absolute atomic E-state index is 14.5. The molecule has 0 aliphatic carbocycles. The van der Waals surface area contributed by atoms with E-state index < -0.39 is 33.2 Å². The van der Waals surface area contributed by atoms with Gasteiger partial charge in [-0.1, -0.05) is 104 Å². The van der Waals surface area contributed by atoms with Crippen molar-refractivity contribution in [3.63, 3.8) is 0 Å². The van der Waals surface area contributed by atoms with Crippen LogP contribution in [0.4, 0.5) is 15.6 Å². The van der Waals surface area contributed by atoms with Gasteiger partial charge in [0, 0.05) is 42.3 Å². The summed E-state index contributed by atoms with van der Waals surface area (Å²) in [6.07, 6.45) is 3.31. The number of amidine groups is 1. The predicted molar refractivity (Wildman–Crippen MR) is 224 cm³/mol. The first-order chi connectivity index (χ1) is 27.4. The molecule has 2 amide bonds. The molecule has 0 saturated heterocycles. The lowest BCUT2D eigenvalue weighted by Crippen LogP contribution is -2.38. The van der Waals surface area contributed by atoms with E-state index in [1.807, 2.05) is 97.9 Å². The summed E-state index contributed by atoms with van der Waals surface area (Å²) >= 11 is 1.17. The van der Waals surface area contributed by atoms with Gasteiger partial charge in [-0.05, 0) is 67.7 Å². The molecular weight excluding hydrogens is 761 g/mol. The number of hydrogen-bond acceptors (Lipinski definition) is 9. The Hall–Kier alpha value is -5.83. The van der Waals surface area contributed by atoms with Crippen molar-refractivity contribution in [2.24, 2.45) is 4.99 Å². The van der Waals surface area contributed by atoms with Gasteiger partial charge in [-0.2, -0.15) is 0 Å². The number of anilines is 2. The number of hydrogen-bond donors (Lipinski definition) is 3. The third-order valence-corrected chi connectivity index (χ3v) is 10.9. The second-order valence-electron chi connectivity index (χ2n) is 14.2. The highest BCUT2D eigenvalue weighted by Crippen LogP contribution is 2.42. The second-order valence-corrected chi connectivity index (χ2v) is 16.8. The highest BCUT2D eigenvalue weighted by molar-refractivity contribution is 7.93. The van der Waals surface area contributed by atoms with E-state index in [0.29, 0.717) is 29.1 Å². The number of rotatable bonds is 14. The average Bonchev–Trinajstić information content (AvgIpc) is 3.63. The van der Waals surface area contributed by atoms with E-state index in [1.165, 1.54) is 34.7 Å². The molecule has 1 aromatic heterocycles. The molecule has 57 heavy (non-hydrogen) atoms. The van der Waals surface area contributed by atoms with Crippen LogP contribution in [0.25, 0.3) is 6.08 Å². The van der Waals surface area contributed by atoms with Gasteiger partial charge in [0.2, 0.25) is 0 Å². The van der Waals surface area contributed by atoms with Crippen molar-refractivity contribution >= 4 is 56.1 Å². The summed E-state index contributed by atoms with van der Waals surface area (Å²) in [4.78, 5) is 42.4. The van der Waals surface area contributed by atoms with Crippen molar-refractivity contribution in [2.75, 3.05) is 29.7 Å². The number of benzene rings is 4. The van der Waals surface area contributed by atoms with E-state index in [-0.39, 0.29) is 36.1 Å². The van der Waals surface area contributed by atoms with E-state index in [1.54, 1.807) is 38.3 Å². The quantitative estimate of drug-likeness (QED) is 0.0577. The van der Waals surface area contributed by atoms with Crippen LogP contribution in [0.3, 0.4) is 0 Å². The minimum atomic E-state index is -4.03. The molecule has 3 N–H and O–H groups in total. The highest BCUT2D eigenvalue weighted by Gasteiger charge is 2.37. The summed E-state index contributed by atoms with van der Waals surface area (Å²) in [5, 5.41) is 9.33. The molecule has 1 aliphatic rings. The fraction of sp³-hybridized carbons (Fsp3) is 0.256. The Balaban J connectivity index is 1.45. The summed E-state index contributed by atoms with van der Waals surface area (Å²) in [7, 11) is -4.03. The number of nitrogens with one attached hydrogen (secondary N) is 3. The Morgan fingerprint density at radius 3 is 2.07 bits per heavy atom. The largest absolute Gasteiger partial charge is 0.444 e. The lowest BCUT2D eigenvalue weighted by Gasteiger charge is -2.33. The molecule has 0 fully saturated rings. The van der Waals surface area contributed by atoms with Crippen LogP contribution in [0.5, 0.6) is 0 Å². The fourth-order valence-corrected chi connectivity index (χ4v) is 8.17. The van der Waals surface area contributed by atoms with Crippen LogP contribution in [0, 0.1) is 0 Å². The van der Waals surface area contributed by atoms with E-state index >= 15 is 0 Å². The van der Waals surface area contributed by atoms with Crippen molar-refractivity contribution in [2.45, 2.75) is 56.6 Å². The Morgan fingerprint density at radius 2 is 1.53 bits per heavy atom. The smallest absolute Gasteiger partial charge is 0.407 e. The Kier molecular flexibility index (Phi) is 12.9. The molecule has 2 heterocycles. The fourth-order valence-electron chi connectivity index (χ4n) is 6.35. The van der Waals surface area contributed by atoms with Crippen LogP contribution in [0.1, 0.15) is 62.8 Å². The van der Waals surface area contributed by atoms with E-state index in [0.717, 1.165) is 16.7 Å². The summed E-state index contributed by atoms with van der Waals surface area (Å²) in [5.41, 5.74) is 2.27. The molecule has 0 unspecified atom stereocenters. The van der Waals surface area contributed by atoms with Gasteiger partial charge in [0.25, 0.3) is 15.9 Å². The Labute approximate surface area is 337 Å². The van der Waals surface area contributed by atoms with E-state index in [9.17, 15) is 18.0 Å². The number of sulfonamides is 1. The third kappa shape index (κ3) is 10.1. The molecule has 296 valence electrons. The van der Waals surface area contributed by atoms with Crippen LogP contribution >= 0.6 is 11.3 Å². The van der Waals surface area contributed by atoms with E-state index in [2.05, 4.69) is 20.3 Å². The Bertz CT molecular complexity index is 2220. The minimum Gasteiger partial charge on any atom is -0.444 e. The maximum atomic E-state index is 14.5. The highest BCUT2D eigenvalue weighted by atomic mass is 32.2. The molecule has 0 saturated carbocycles. The molecular formula is C43H46N6O6S2. The van der Waals surface area contributed by atoms with Gasteiger partial charge in [-0.25, -0.2) is 23.3 Å². The van der Waals surface area contributed by atoms with Crippen molar-refractivity contribution < 1.29 is 27.6 Å². The van der Waals surface area contributed by atoms with Gasteiger partial charge < -0.3 is 15.4 Å². The van der Waals surface area contributed by atoms with Gasteiger partial charge >= 0.3 is 6.09 Å². The van der Waals surface area contributed by atoms with Crippen LogP contribution in [0.2, 0.25) is 0 Å². The van der Waals surface area contributed by atoms with Gasteiger partial charge in [-0.3, -0.25) is 19.3 Å². The molecule has 0 bridgehead atoms. The first-order valence-electron chi connectivity index (χ1n) is 18.6. The Morgan fingerprint density at radius 1 is 0.912 bits per heavy atom. The number of carbonyl (C=O) groups excluding carboxylic acids is 2. The molecule has 4 aromatic carbocycles. The summed E-state index contributed by atoms with van der Waals surface area (Å²) in [6, 6.07) is 34.4. The number of amides is 2. The summed E-state index contributed by atoms with van der Waals surface area (Å²) in [6.45, 7) is 7.66. The summed E-state index contributed by atoms with van der Waals surface area (Å²) in [5.74, 6) is 0.0127. The standard InChI is InChI=1S/C43H46N6O6S2/c1-5-25-49(54-26-23-45-41(51)55-42(2,3)4)39(50)32-28-31-21-22-36(57(52,53)48-40-44-24-27-56-40)30-37(31)46-38(29-32)47-43(33-15-9-6-10-16-33,34-17-11-7-12-18-34)35-19-13-8-14-20-35/h6-22,24,27-28,30H,5,23,25-26,29H2,1-4H3,(H,44,48)(H,45,51)(H,46,47). The molecule has 12 nitrogen and oxygen atoms in total. The zero-order chi connectivity index (χ0) is 40.5. The maximum Gasteiger partial charge on any atom is 0.407 e. The lowest BCUT2D eigenvalue weighted by atomic mass is 9.77. The van der Waals surface area contributed by atoms with Crippen molar-refractivity contribution in [1.29, 1.82) is 0 Å². The molecule has 0 atom stereocenters. The number of carbonyl (C=O) groups is 2. The van der Waals surface area contributed by atoms with Gasteiger partial charge in [0.05, 0.1) is 11.5 Å².